The van der Waals surface area contributed by atoms with Crippen LogP contribution in [-0.2, 0) is 17.8 Å². The fourth-order valence-electron chi connectivity index (χ4n) is 1.13. The maximum Gasteiger partial charge on any atom is 0.225 e. The highest BCUT2D eigenvalue weighted by atomic mass is 79.9. The number of fused-ring (bicyclic) bond motifs is 1. The van der Waals surface area contributed by atoms with Gasteiger partial charge in [-0.15, -0.1) is 11.3 Å². The molecule has 1 aliphatic rings. The molecule has 1 amide bonds. The summed E-state index contributed by atoms with van der Waals surface area (Å²) < 4.78 is 1.11. The van der Waals surface area contributed by atoms with Crippen LogP contribution in [0.25, 0.3) is 0 Å². The molecule has 11 heavy (non-hydrogen) atoms. The maximum atomic E-state index is 10.9. The minimum Gasteiger partial charge on any atom is -0.352 e. The Labute approximate surface area is 76.7 Å². The number of carbonyl (C=O) groups is 1. The fourth-order valence-corrected chi connectivity index (χ4v) is 2.90. The molecule has 4 heteroatoms. The van der Waals surface area contributed by atoms with Crippen LogP contribution < -0.4 is 5.32 Å². The van der Waals surface area contributed by atoms with E-state index in [1.807, 2.05) is 0 Å². The monoisotopic (exact) mass is 231 g/mol. The second-order valence-electron chi connectivity index (χ2n) is 2.45. The highest BCUT2D eigenvalue weighted by Gasteiger charge is 2.16. The summed E-state index contributed by atoms with van der Waals surface area (Å²) in [6.07, 6.45) is 0.547. The Hall–Kier alpha value is -0.350. The minimum absolute atomic E-state index is 0.131. The van der Waals surface area contributed by atoms with Crippen LogP contribution in [0.2, 0.25) is 0 Å². The molecule has 2 heterocycles. The van der Waals surface area contributed by atoms with E-state index in [1.54, 1.807) is 11.3 Å². The van der Waals surface area contributed by atoms with E-state index in [0.29, 0.717) is 13.0 Å². The Morgan fingerprint density at radius 2 is 2.45 bits per heavy atom. The Kier molecular flexibility index (Phi) is 1.73. The predicted octanol–water partition coefficient (Wildman–Crippen LogP) is 1.68. The van der Waals surface area contributed by atoms with Gasteiger partial charge in [-0.3, -0.25) is 4.79 Å². The molecule has 0 saturated carbocycles. The van der Waals surface area contributed by atoms with Crippen molar-refractivity contribution in [2.45, 2.75) is 13.0 Å². The van der Waals surface area contributed by atoms with Gasteiger partial charge in [0, 0.05) is 11.4 Å². The molecule has 58 valence electrons. The molecule has 2 nitrogen and oxygen atoms in total. The van der Waals surface area contributed by atoms with Crippen molar-refractivity contribution in [1.29, 1.82) is 0 Å². The largest absolute Gasteiger partial charge is 0.352 e. The van der Waals surface area contributed by atoms with Crippen LogP contribution in [0, 0.1) is 0 Å². The number of hydrogen-bond acceptors (Lipinski definition) is 2. The zero-order valence-corrected chi connectivity index (χ0v) is 8.09. The zero-order chi connectivity index (χ0) is 7.84. The van der Waals surface area contributed by atoms with Crippen molar-refractivity contribution in [2.75, 3.05) is 0 Å². The van der Waals surface area contributed by atoms with Gasteiger partial charge in [-0.25, -0.2) is 0 Å². The fraction of sp³-hybridized carbons (Fsp3) is 0.286. The van der Waals surface area contributed by atoms with E-state index >= 15 is 0 Å². The molecule has 0 spiro atoms. The molecular weight excluding hydrogens is 226 g/mol. The first-order chi connectivity index (χ1) is 5.25. The van der Waals surface area contributed by atoms with Crippen LogP contribution in [0.3, 0.4) is 0 Å². The van der Waals surface area contributed by atoms with E-state index in [1.165, 1.54) is 10.4 Å². The number of nitrogens with one attached hydrogen (secondary N) is 1. The molecule has 2 rings (SSSR count). The first kappa shape index (κ1) is 7.31. The van der Waals surface area contributed by atoms with Gasteiger partial charge in [0.2, 0.25) is 5.91 Å². The van der Waals surface area contributed by atoms with Crippen LogP contribution in [0.4, 0.5) is 0 Å². The Morgan fingerprint density at radius 3 is 3.27 bits per heavy atom. The maximum absolute atomic E-state index is 10.9. The van der Waals surface area contributed by atoms with Crippen molar-refractivity contribution in [1.82, 2.24) is 5.32 Å². The number of amides is 1. The lowest BCUT2D eigenvalue weighted by Crippen LogP contribution is -2.28. The lowest BCUT2D eigenvalue weighted by atomic mass is 10.1. The Bertz CT molecular complexity index is 307. The number of hydrogen-bond donors (Lipinski definition) is 1. The van der Waals surface area contributed by atoms with Gasteiger partial charge in [0.1, 0.15) is 0 Å². The van der Waals surface area contributed by atoms with E-state index in [9.17, 15) is 4.79 Å². The highest BCUT2D eigenvalue weighted by molar-refractivity contribution is 9.11. The molecule has 0 bridgehead atoms. The van der Waals surface area contributed by atoms with Crippen LogP contribution in [0.5, 0.6) is 0 Å². The van der Waals surface area contributed by atoms with Gasteiger partial charge in [-0.2, -0.15) is 0 Å². The number of halogens is 1. The van der Waals surface area contributed by atoms with Crippen molar-refractivity contribution < 1.29 is 4.79 Å². The summed E-state index contributed by atoms with van der Waals surface area (Å²) in [5.74, 6) is 0.131. The lowest BCUT2D eigenvalue weighted by Gasteiger charge is -2.10. The van der Waals surface area contributed by atoms with E-state index in [0.717, 1.165) is 3.79 Å². The molecule has 0 unspecified atom stereocenters. The quantitative estimate of drug-likeness (QED) is 0.724. The van der Waals surface area contributed by atoms with Crippen molar-refractivity contribution in [3.8, 4) is 0 Å². The standard InChI is InChI=1S/C7H6BrNOS/c8-6-1-4-3-9-7(10)2-5(4)11-6/h1H,2-3H2,(H,9,10). The van der Waals surface area contributed by atoms with Gasteiger partial charge < -0.3 is 5.32 Å². The zero-order valence-electron chi connectivity index (χ0n) is 5.69. The third-order valence-electron chi connectivity index (χ3n) is 1.66. The van der Waals surface area contributed by atoms with Gasteiger partial charge in [0.15, 0.2) is 0 Å². The lowest BCUT2D eigenvalue weighted by molar-refractivity contribution is -0.120. The second-order valence-corrected chi connectivity index (χ2v) is 4.97. The third-order valence-corrected chi connectivity index (χ3v) is 3.34. The Morgan fingerprint density at radius 1 is 1.64 bits per heavy atom. The van der Waals surface area contributed by atoms with Crippen LogP contribution in [0.1, 0.15) is 10.4 Å². The summed E-state index contributed by atoms with van der Waals surface area (Å²) in [5, 5.41) is 2.80. The summed E-state index contributed by atoms with van der Waals surface area (Å²) in [6.45, 7) is 0.691. The number of thiophene rings is 1. The van der Waals surface area contributed by atoms with Crippen LogP contribution >= 0.6 is 27.3 Å². The molecule has 0 aromatic carbocycles. The molecule has 0 aliphatic carbocycles. The number of carbonyl (C=O) groups excluding carboxylic acids is 1. The van der Waals surface area contributed by atoms with Crippen LogP contribution in [0.15, 0.2) is 9.85 Å². The van der Waals surface area contributed by atoms with Gasteiger partial charge in [-0.05, 0) is 27.6 Å². The molecule has 1 N–H and O–H groups in total. The van der Waals surface area contributed by atoms with E-state index in [-0.39, 0.29) is 5.91 Å². The minimum atomic E-state index is 0.131. The molecule has 0 saturated heterocycles. The van der Waals surface area contributed by atoms with Gasteiger partial charge in [-0.1, -0.05) is 0 Å². The SMILES string of the molecule is O=C1Cc2sc(Br)cc2CN1. The van der Waals surface area contributed by atoms with Crippen molar-refractivity contribution in [3.63, 3.8) is 0 Å². The van der Waals surface area contributed by atoms with Gasteiger partial charge in [0.05, 0.1) is 10.2 Å². The predicted molar refractivity (Wildman–Crippen MR) is 47.6 cm³/mol. The van der Waals surface area contributed by atoms with Crippen molar-refractivity contribution >= 4 is 33.2 Å². The average Bonchev–Trinajstić information content (AvgIpc) is 2.27. The second kappa shape index (κ2) is 2.60. The first-order valence-corrected chi connectivity index (χ1v) is 4.90. The van der Waals surface area contributed by atoms with Crippen molar-refractivity contribution in [3.05, 3.63) is 20.3 Å². The van der Waals surface area contributed by atoms with Crippen LogP contribution in [-0.4, -0.2) is 5.91 Å². The van der Waals surface area contributed by atoms with E-state index in [2.05, 4.69) is 27.3 Å². The molecule has 1 aliphatic heterocycles. The highest BCUT2D eigenvalue weighted by Crippen LogP contribution is 2.29. The molecule has 1 aromatic rings. The van der Waals surface area contributed by atoms with E-state index < -0.39 is 0 Å². The molecule has 0 atom stereocenters. The Balaban J connectivity index is 2.41. The molecule has 0 radical (unpaired) electrons. The summed E-state index contributed by atoms with van der Waals surface area (Å²) >= 11 is 5.04. The number of rotatable bonds is 0. The topological polar surface area (TPSA) is 29.1 Å². The normalized spacial score (nSPS) is 15.9. The smallest absolute Gasteiger partial charge is 0.225 e. The van der Waals surface area contributed by atoms with Gasteiger partial charge in [0.25, 0.3) is 0 Å². The summed E-state index contributed by atoms with van der Waals surface area (Å²) in [7, 11) is 0. The third kappa shape index (κ3) is 1.32. The summed E-state index contributed by atoms with van der Waals surface area (Å²) in [6, 6.07) is 2.07. The molecule has 1 aromatic heterocycles. The first-order valence-electron chi connectivity index (χ1n) is 3.29. The molecule has 0 fully saturated rings. The molecular formula is C7H6BrNOS. The van der Waals surface area contributed by atoms with Gasteiger partial charge >= 0.3 is 0 Å². The summed E-state index contributed by atoms with van der Waals surface area (Å²) in [4.78, 5) is 12.1. The summed E-state index contributed by atoms with van der Waals surface area (Å²) in [5.41, 5.74) is 1.25. The van der Waals surface area contributed by atoms with Crippen molar-refractivity contribution in [2.24, 2.45) is 0 Å². The average molecular weight is 232 g/mol. The van der Waals surface area contributed by atoms with E-state index in [4.69, 9.17) is 0 Å².